The van der Waals surface area contributed by atoms with E-state index in [9.17, 15) is 4.79 Å². The van der Waals surface area contributed by atoms with E-state index in [1.54, 1.807) is 0 Å². The van der Waals surface area contributed by atoms with Crippen LogP contribution in [0, 0.1) is 0 Å². The predicted octanol–water partition coefficient (Wildman–Crippen LogP) is 2.84. The highest BCUT2D eigenvalue weighted by Gasteiger charge is 2.02. The second kappa shape index (κ2) is 26.6. The third-order valence-corrected chi connectivity index (χ3v) is 3.96. The Morgan fingerprint density at radius 1 is 0.567 bits per heavy atom. The van der Waals surface area contributed by atoms with Crippen molar-refractivity contribution >= 4 is 17.6 Å². The van der Waals surface area contributed by atoms with Crippen LogP contribution in [0.15, 0.2) is 0 Å². The largest absolute Gasteiger partial charge is 0.463 e. The Hall–Kier alpha value is -0.480. The molecule has 0 aliphatic heterocycles. The van der Waals surface area contributed by atoms with Gasteiger partial charge in [-0.3, -0.25) is 4.79 Å². The molecule has 0 aliphatic rings. The van der Waals surface area contributed by atoms with E-state index in [0.29, 0.717) is 98.2 Å². The van der Waals surface area contributed by atoms with E-state index in [-0.39, 0.29) is 5.97 Å². The molecule has 0 saturated heterocycles. The van der Waals surface area contributed by atoms with Crippen LogP contribution in [0.5, 0.6) is 0 Å². The molecule has 0 fully saturated rings. The van der Waals surface area contributed by atoms with Crippen molar-refractivity contribution in [2.75, 3.05) is 91.8 Å². The average Bonchev–Trinajstić information content (AvgIpc) is 2.75. The first-order valence-electron chi connectivity index (χ1n) is 11.0. The summed E-state index contributed by atoms with van der Waals surface area (Å²) in [6, 6.07) is 0. The number of unbranched alkanes of at least 4 members (excludes halogenated alkanes) is 3. The van der Waals surface area contributed by atoms with E-state index in [2.05, 4.69) is 6.92 Å². The van der Waals surface area contributed by atoms with Gasteiger partial charge in [0.1, 0.15) is 6.61 Å². The maximum Gasteiger partial charge on any atom is 0.305 e. The molecule has 0 N–H and O–H groups in total. The van der Waals surface area contributed by atoms with Gasteiger partial charge in [-0.1, -0.05) is 26.2 Å². The molecule has 0 aromatic heterocycles. The molecule has 0 aromatic carbocycles. The molecule has 0 aromatic rings. The lowest BCUT2D eigenvalue weighted by molar-refractivity contribution is -0.145. The van der Waals surface area contributed by atoms with Gasteiger partial charge in [0.15, 0.2) is 0 Å². The molecule has 0 heterocycles. The topological polar surface area (TPSA) is 81.7 Å². The molecule has 180 valence electrons. The first-order valence-corrected chi connectivity index (χ1v) is 11.5. The van der Waals surface area contributed by atoms with Gasteiger partial charge in [-0.05, 0) is 6.42 Å². The van der Waals surface area contributed by atoms with Gasteiger partial charge < -0.3 is 33.2 Å². The van der Waals surface area contributed by atoms with E-state index in [0.717, 1.165) is 25.7 Å². The van der Waals surface area contributed by atoms with Gasteiger partial charge in [0.05, 0.1) is 79.3 Å². The van der Waals surface area contributed by atoms with E-state index < -0.39 is 0 Å². The molecule has 0 atom stereocenters. The lowest BCUT2D eigenvalue weighted by Gasteiger charge is -2.08. The van der Waals surface area contributed by atoms with Gasteiger partial charge in [0, 0.05) is 12.3 Å². The predicted molar refractivity (Wildman–Crippen MR) is 115 cm³/mol. The van der Waals surface area contributed by atoms with Crippen molar-refractivity contribution in [3.8, 4) is 0 Å². The molecule has 0 rings (SSSR count). The first kappa shape index (κ1) is 29.5. The zero-order chi connectivity index (χ0) is 22.0. The van der Waals surface area contributed by atoms with Crippen LogP contribution in [-0.4, -0.2) is 97.7 Å². The number of hydrogen-bond donors (Lipinski definition) is 0. The van der Waals surface area contributed by atoms with Crippen LogP contribution < -0.4 is 0 Å². The summed E-state index contributed by atoms with van der Waals surface area (Å²) in [4.78, 5) is 11.5. The zero-order valence-electron chi connectivity index (χ0n) is 18.6. The Kier molecular flexibility index (Phi) is 26.1. The molecule has 0 saturated carbocycles. The fraction of sp³-hybridized carbons (Fsp3) is 0.952. The van der Waals surface area contributed by atoms with Crippen molar-refractivity contribution < 1.29 is 38.0 Å². The van der Waals surface area contributed by atoms with Crippen LogP contribution in [0.2, 0.25) is 0 Å². The van der Waals surface area contributed by atoms with Crippen LogP contribution >= 0.6 is 11.6 Å². The van der Waals surface area contributed by atoms with Crippen LogP contribution in [0.3, 0.4) is 0 Å². The van der Waals surface area contributed by atoms with Gasteiger partial charge in [-0.2, -0.15) is 0 Å². The summed E-state index contributed by atoms with van der Waals surface area (Å²) in [6.07, 6.45) is 4.80. The molecule has 0 aliphatic carbocycles. The highest BCUT2D eigenvalue weighted by molar-refractivity contribution is 6.17. The van der Waals surface area contributed by atoms with Gasteiger partial charge in [-0.15, -0.1) is 11.6 Å². The van der Waals surface area contributed by atoms with Crippen molar-refractivity contribution in [1.29, 1.82) is 0 Å². The number of carbonyl (C=O) groups is 1. The molecule has 9 heteroatoms. The summed E-state index contributed by atoms with van der Waals surface area (Å²) in [5.41, 5.74) is 0. The van der Waals surface area contributed by atoms with Gasteiger partial charge in [0.25, 0.3) is 0 Å². The number of alkyl halides is 1. The van der Waals surface area contributed by atoms with Crippen molar-refractivity contribution in [2.45, 2.75) is 39.0 Å². The zero-order valence-corrected chi connectivity index (χ0v) is 19.3. The summed E-state index contributed by atoms with van der Waals surface area (Å²) in [6.45, 7) is 8.53. The van der Waals surface area contributed by atoms with Crippen molar-refractivity contribution in [3.05, 3.63) is 0 Å². The summed E-state index contributed by atoms with van der Waals surface area (Å²) in [7, 11) is 0. The fourth-order valence-corrected chi connectivity index (χ4v) is 2.35. The number of esters is 1. The second-order valence-corrected chi connectivity index (χ2v) is 6.77. The Morgan fingerprint density at radius 2 is 0.967 bits per heavy atom. The van der Waals surface area contributed by atoms with Crippen molar-refractivity contribution in [2.24, 2.45) is 0 Å². The van der Waals surface area contributed by atoms with Gasteiger partial charge in [-0.25, -0.2) is 0 Å². The number of rotatable bonds is 25. The Labute approximate surface area is 186 Å². The second-order valence-electron chi connectivity index (χ2n) is 6.39. The van der Waals surface area contributed by atoms with E-state index in [1.165, 1.54) is 0 Å². The van der Waals surface area contributed by atoms with Gasteiger partial charge >= 0.3 is 5.97 Å². The molecule has 0 spiro atoms. The third kappa shape index (κ3) is 25.6. The quantitative estimate of drug-likeness (QED) is 0.118. The SMILES string of the molecule is CCCCCCC(=O)OCCOCCOCCOCCOCCOCCOCCCl. The smallest absolute Gasteiger partial charge is 0.305 e. The van der Waals surface area contributed by atoms with Crippen LogP contribution in [0.1, 0.15) is 39.0 Å². The molecule has 8 nitrogen and oxygen atoms in total. The lowest BCUT2D eigenvalue weighted by Crippen LogP contribution is -2.15. The molecule has 0 bridgehead atoms. The molecule has 0 unspecified atom stereocenters. The standard InChI is InChI=1S/C21H41ClO8/c1-2-3-4-5-6-21(23)30-20-19-29-18-17-28-16-15-27-14-13-26-12-11-25-10-9-24-8-7-22/h2-20H2,1H3. The number of hydrogen-bond acceptors (Lipinski definition) is 8. The normalized spacial score (nSPS) is 11.1. The monoisotopic (exact) mass is 456 g/mol. The number of halogens is 1. The minimum Gasteiger partial charge on any atom is -0.463 e. The molecule has 0 amide bonds. The van der Waals surface area contributed by atoms with Crippen molar-refractivity contribution in [3.63, 3.8) is 0 Å². The number of ether oxygens (including phenoxy) is 7. The maximum absolute atomic E-state index is 11.5. The molecule has 0 radical (unpaired) electrons. The highest BCUT2D eigenvalue weighted by atomic mass is 35.5. The molecular weight excluding hydrogens is 416 g/mol. The maximum atomic E-state index is 11.5. The third-order valence-electron chi connectivity index (χ3n) is 3.81. The highest BCUT2D eigenvalue weighted by Crippen LogP contribution is 2.03. The van der Waals surface area contributed by atoms with Crippen molar-refractivity contribution in [1.82, 2.24) is 0 Å². The average molecular weight is 457 g/mol. The van der Waals surface area contributed by atoms with Crippen LogP contribution in [-0.2, 0) is 38.0 Å². The Bertz CT molecular complexity index is 347. The minimum absolute atomic E-state index is 0.146. The Morgan fingerprint density at radius 3 is 1.37 bits per heavy atom. The van der Waals surface area contributed by atoms with Gasteiger partial charge in [0.2, 0.25) is 0 Å². The minimum atomic E-state index is -0.146. The lowest BCUT2D eigenvalue weighted by atomic mass is 10.2. The van der Waals surface area contributed by atoms with Crippen LogP contribution in [0.4, 0.5) is 0 Å². The summed E-state index contributed by atoms with van der Waals surface area (Å²) >= 11 is 5.49. The molecule has 30 heavy (non-hydrogen) atoms. The van der Waals surface area contributed by atoms with E-state index in [1.807, 2.05) is 0 Å². The first-order chi connectivity index (χ1) is 14.8. The van der Waals surface area contributed by atoms with E-state index in [4.69, 9.17) is 44.8 Å². The Balaban J connectivity index is 3.07. The molecular formula is C21H41ClO8. The number of carbonyl (C=O) groups excluding carboxylic acids is 1. The fourth-order valence-electron chi connectivity index (χ4n) is 2.24. The summed E-state index contributed by atoms with van der Waals surface area (Å²) < 4.78 is 37.2. The van der Waals surface area contributed by atoms with E-state index >= 15 is 0 Å². The van der Waals surface area contributed by atoms with Crippen LogP contribution in [0.25, 0.3) is 0 Å². The summed E-state index contributed by atoms with van der Waals surface area (Å²) in [5, 5.41) is 0. The summed E-state index contributed by atoms with van der Waals surface area (Å²) in [5.74, 6) is 0.354.